The van der Waals surface area contributed by atoms with E-state index < -0.39 is 0 Å². The number of carbonyl (C=O) groups excluding carboxylic acids is 1. The highest BCUT2D eigenvalue weighted by molar-refractivity contribution is 7.98. The van der Waals surface area contributed by atoms with E-state index in [0.717, 1.165) is 11.2 Å². The molecule has 0 saturated carbocycles. The van der Waals surface area contributed by atoms with E-state index in [-0.39, 0.29) is 5.97 Å². The lowest BCUT2D eigenvalue weighted by atomic mass is 10.3. The molecular formula is C12H14N2O2S. The number of aromatic nitrogens is 2. The fourth-order valence-corrected chi connectivity index (χ4v) is 2.21. The summed E-state index contributed by atoms with van der Waals surface area (Å²) in [4.78, 5) is 16.3. The predicted octanol–water partition coefficient (Wildman–Crippen LogP) is 2.54. The zero-order valence-electron chi connectivity index (χ0n) is 10.1. The molecule has 0 aliphatic carbocycles. The first-order chi connectivity index (χ1) is 8.17. The molecule has 0 fully saturated rings. The van der Waals surface area contributed by atoms with E-state index in [1.54, 1.807) is 11.3 Å². The van der Waals surface area contributed by atoms with Crippen molar-refractivity contribution in [3.05, 3.63) is 29.6 Å². The maximum atomic E-state index is 11.9. The molecule has 2 aromatic rings. The largest absolute Gasteiger partial charge is 0.461 e. The van der Waals surface area contributed by atoms with Crippen LogP contribution in [-0.2, 0) is 4.74 Å². The molecule has 0 N–H and O–H groups in total. The van der Waals surface area contributed by atoms with Gasteiger partial charge in [-0.05, 0) is 37.8 Å². The highest BCUT2D eigenvalue weighted by atomic mass is 32.2. The number of fused-ring (bicyclic) bond motifs is 1. The lowest BCUT2D eigenvalue weighted by Crippen LogP contribution is -2.09. The number of thioether (sulfide) groups is 1. The molecule has 2 heterocycles. The SMILES string of the molecule is CCOC(=O)c1c(SC)nc2cc(C)ccn12. The summed E-state index contributed by atoms with van der Waals surface area (Å²) in [6.45, 7) is 4.16. The number of aryl methyl sites for hydroxylation is 1. The van der Waals surface area contributed by atoms with Gasteiger partial charge in [-0.1, -0.05) is 0 Å². The van der Waals surface area contributed by atoms with Crippen LogP contribution in [0, 0.1) is 6.92 Å². The van der Waals surface area contributed by atoms with Gasteiger partial charge in [-0.25, -0.2) is 9.78 Å². The molecule has 5 heteroatoms. The molecule has 0 aliphatic rings. The van der Waals surface area contributed by atoms with Crippen LogP contribution in [0.3, 0.4) is 0 Å². The van der Waals surface area contributed by atoms with Crippen LogP contribution in [0.5, 0.6) is 0 Å². The molecule has 0 bridgehead atoms. The fourth-order valence-electron chi connectivity index (χ4n) is 1.65. The van der Waals surface area contributed by atoms with Crippen LogP contribution in [0.25, 0.3) is 5.65 Å². The van der Waals surface area contributed by atoms with Gasteiger partial charge >= 0.3 is 5.97 Å². The van der Waals surface area contributed by atoms with Crippen LogP contribution in [0.15, 0.2) is 23.4 Å². The molecule has 0 unspecified atom stereocenters. The molecule has 0 amide bonds. The van der Waals surface area contributed by atoms with Gasteiger partial charge in [-0.2, -0.15) is 0 Å². The molecule has 4 nitrogen and oxygen atoms in total. The van der Waals surface area contributed by atoms with E-state index in [1.165, 1.54) is 11.8 Å². The smallest absolute Gasteiger partial charge is 0.358 e. The number of rotatable bonds is 3. The first-order valence-corrected chi connectivity index (χ1v) is 6.59. The van der Waals surface area contributed by atoms with E-state index in [1.807, 2.05) is 31.5 Å². The van der Waals surface area contributed by atoms with Gasteiger partial charge in [-0.15, -0.1) is 11.8 Å². The molecule has 0 aromatic carbocycles. The van der Waals surface area contributed by atoms with Crippen LogP contribution in [0.4, 0.5) is 0 Å². The van der Waals surface area contributed by atoms with Gasteiger partial charge < -0.3 is 4.74 Å². The van der Waals surface area contributed by atoms with Crippen LogP contribution >= 0.6 is 11.8 Å². The standard InChI is InChI=1S/C12H14N2O2S/c1-4-16-12(15)10-11(17-3)13-9-7-8(2)5-6-14(9)10/h5-7H,4H2,1-3H3. The zero-order chi connectivity index (χ0) is 12.4. The van der Waals surface area contributed by atoms with E-state index >= 15 is 0 Å². The van der Waals surface area contributed by atoms with Gasteiger partial charge in [0.25, 0.3) is 0 Å². The van der Waals surface area contributed by atoms with Crippen molar-refractivity contribution >= 4 is 23.4 Å². The maximum Gasteiger partial charge on any atom is 0.358 e. The molecule has 0 aliphatic heterocycles. The third kappa shape index (κ3) is 2.15. The van der Waals surface area contributed by atoms with Crippen molar-refractivity contribution in [3.63, 3.8) is 0 Å². The van der Waals surface area contributed by atoms with E-state index in [2.05, 4.69) is 4.98 Å². The number of ether oxygens (including phenoxy) is 1. The summed E-state index contributed by atoms with van der Waals surface area (Å²) in [6, 6.07) is 3.89. The lowest BCUT2D eigenvalue weighted by Gasteiger charge is -2.03. The monoisotopic (exact) mass is 250 g/mol. The topological polar surface area (TPSA) is 43.6 Å². The summed E-state index contributed by atoms with van der Waals surface area (Å²) in [6.07, 6.45) is 3.75. The van der Waals surface area contributed by atoms with Crippen molar-refractivity contribution in [3.8, 4) is 0 Å². The van der Waals surface area contributed by atoms with Crippen molar-refractivity contribution in [1.82, 2.24) is 9.38 Å². The molecule has 0 atom stereocenters. The minimum Gasteiger partial charge on any atom is -0.461 e. The van der Waals surface area contributed by atoms with Crippen LogP contribution in [0.1, 0.15) is 23.0 Å². The van der Waals surface area contributed by atoms with Crippen LogP contribution in [-0.4, -0.2) is 28.2 Å². The molecule has 17 heavy (non-hydrogen) atoms. The first-order valence-electron chi connectivity index (χ1n) is 5.37. The quantitative estimate of drug-likeness (QED) is 0.620. The molecule has 2 rings (SSSR count). The highest BCUT2D eigenvalue weighted by Gasteiger charge is 2.19. The van der Waals surface area contributed by atoms with Crippen molar-refractivity contribution in [2.75, 3.05) is 12.9 Å². The Morgan fingerprint density at radius 2 is 2.35 bits per heavy atom. The Bertz CT molecular complexity index is 563. The summed E-state index contributed by atoms with van der Waals surface area (Å²) in [5.74, 6) is -0.326. The minimum atomic E-state index is -0.326. The van der Waals surface area contributed by atoms with Crippen molar-refractivity contribution < 1.29 is 9.53 Å². The number of hydrogen-bond acceptors (Lipinski definition) is 4. The summed E-state index contributed by atoms with van der Waals surface area (Å²) in [5.41, 5.74) is 2.40. The summed E-state index contributed by atoms with van der Waals surface area (Å²) < 4.78 is 6.83. The average molecular weight is 250 g/mol. The molecule has 0 saturated heterocycles. The van der Waals surface area contributed by atoms with Gasteiger partial charge in [-0.3, -0.25) is 4.40 Å². The number of carbonyl (C=O) groups is 1. The van der Waals surface area contributed by atoms with Gasteiger partial charge in [0.2, 0.25) is 0 Å². The Morgan fingerprint density at radius 3 is 3.00 bits per heavy atom. The Labute approximate surface area is 104 Å². The van der Waals surface area contributed by atoms with Crippen molar-refractivity contribution in [2.45, 2.75) is 18.9 Å². The number of pyridine rings is 1. The number of hydrogen-bond donors (Lipinski definition) is 0. The Kier molecular flexibility index (Phi) is 3.38. The minimum absolute atomic E-state index is 0.326. The fraction of sp³-hybridized carbons (Fsp3) is 0.333. The Hall–Kier alpha value is -1.49. The Morgan fingerprint density at radius 1 is 1.59 bits per heavy atom. The third-order valence-electron chi connectivity index (χ3n) is 2.41. The van der Waals surface area contributed by atoms with E-state index in [0.29, 0.717) is 17.3 Å². The second-order valence-corrected chi connectivity index (χ2v) is 4.42. The van der Waals surface area contributed by atoms with Crippen LogP contribution < -0.4 is 0 Å². The van der Waals surface area contributed by atoms with Gasteiger partial charge in [0.1, 0.15) is 10.7 Å². The molecule has 90 valence electrons. The lowest BCUT2D eigenvalue weighted by molar-refractivity contribution is 0.0513. The second-order valence-electron chi connectivity index (χ2n) is 3.62. The van der Waals surface area contributed by atoms with Crippen LogP contribution in [0.2, 0.25) is 0 Å². The van der Waals surface area contributed by atoms with Gasteiger partial charge in [0.05, 0.1) is 6.61 Å². The van der Waals surface area contributed by atoms with Crippen molar-refractivity contribution in [2.24, 2.45) is 0 Å². The van der Waals surface area contributed by atoms with Gasteiger partial charge in [0, 0.05) is 6.20 Å². The predicted molar refractivity (Wildman–Crippen MR) is 67.7 cm³/mol. The van der Waals surface area contributed by atoms with E-state index in [9.17, 15) is 4.79 Å². The normalized spacial score (nSPS) is 10.8. The third-order valence-corrected chi connectivity index (χ3v) is 3.08. The number of nitrogens with zero attached hydrogens (tertiary/aromatic N) is 2. The first kappa shape index (κ1) is 12.0. The number of imidazole rings is 1. The Balaban J connectivity index is 2.62. The maximum absolute atomic E-state index is 11.9. The highest BCUT2D eigenvalue weighted by Crippen LogP contribution is 2.22. The summed E-state index contributed by atoms with van der Waals surface area (Å²) in [7, 11) is 0. The summed E-state index contributed by atoms with van der Waals surface area (Å²) >= 11 is 1.45. The zero-order valence-corrected chi connectivity index (χ0v) is 10.9. The second kappa shape index (κ2) is 4.79. The van der Waals surface area contributed by atoms with Gasteiger partial charge in [0.15, 0.2) is 5.69 Å². The van der Waals surface area contributed by atoms with Crippen molar-refractivity contribution in [1.29, 1.82) is 0 Å². The summed E-state index contributed by atoms with van der Waals surface area (Å²) in [5, 5.41) is 0.703. The van der Waals surface area contributed by atoms with E-state index in [4.69, 9.17) is 4.74 Å². The molecule has 0 spiro atoms. The average Bonchev–Trinajstić information content (AvgIpc) is 2.66. The molecule has 0 radical (unpaired) electrons. The molecule has 2 aromatic heterocycles. The molecular weight excluding hydrogens is 236 g/mol. The number of esters is 1.